The second-order valence-corrected chi connectivity index (χ2v) is 4.06. The summed E-state index contributed by atoms with van der Waals surface area (Å²) < 4.78 is 13.0. The summed E-state index contributed by atoms with van der Waals surface area (Å²) in [6, 6.07) is 4.91. The average Bonchev–Trinajstić information content (AvgIpc) is 2.32. The molecule has 0 aromatic carbocycles. The number of hydrogen-bond acceptors (Lipinski definition) is 3. The van der Waals surface area contributed by atoms with Crippen molar-refractivity contribution in [1.29, 1.82) is 0 Å². The first-order valence-corrected chi connectivity index (χ1v) is 5.51. The van der Waals surface area contributed by atoms with Crippen molar-refractivity contribution in [2.75, 3.05) is 5.32 Å². The minimum absolute atomic E-state index is 0.0545. The fourth-order valence-electron chi connectivity index (χ4n) is 1.46. The maximum Gasteiger partial charge on any atom is 0.141 e. The van der Waals surface area contributed by atoms with E-state index in [1.54, 1.807) is 18.5 Å². The van der Waals surface area contributed by atoms with E-state index in [1.807, 2.05) is 13.0 Å². The molecule has 0 radical (unpaired) electrons. The largest absolute Gasteiger partial charge is 0.377 e. The molecule has 0 spiro atoms. The van der Waals surface area contributed by atoms with Crippen molar-refractivity contribution >= 4 is 17.3 Å². The van der Waals surface area contributed by atoms with Crippen molar-refractivity contribution in [2.24, 2.45) is 0 Å². The quantitative estimate of drug-likeness (QED) is 0.849. The van der Waals surface area contributed by atoms with Gasteiger partial charge in [0.25, 0.3) is 0 Å². The molecular weight excluding hydrogens is 241 g/mol. The lowest BCUT2D eigenvalue weighted by Crippen LogP contribution is -2.07. The predicted molar refractivity (Wildman–Crippen MR) is 65.5 cm³/mol. The van der Waals surface area contributed by atoms with Crippen molar-refractivity contribution < 1.29 is 4.39 Å². The third kappa shape index (κ3) is 3.14. The van der Waals surface area contributed by atoms with E-state index in [4.69, 9.17) is 11.6 Å². The number of halogens is 2. The molecule has 0 saturated carbocycles. The number of hydrogen-bond donors (Lipinski definition) is 1. The molecule has 1 N–H and O–H groups in total. The zero-order valence-electron chi connectivity index (χ0n) is 9.19. The monoisotopic (exact) mass is 251 g/mol. The summed E-state index contributed by atoms with van der Waals surface area (Å²) in [7, 11) is 0. The standard InChI is InChI=1S/C12H11ClFN3/c1-8(9-4-10(14)6-15-5-9)17-11-2-3-12(13)16-7-11/h2-8,17H,1H3. The number of aromatic nitrogens is 2. The van der Waals surface area contributed by atoms with Crippen LogP contribution in [-0.4, -0.2) is 9.97 Å². The molecule has 17 heavy (non-hydrogen) atoms. The molecule has 88 valence electrons. The first kappa shape index (κ1) is 11.8. The SMILES string of the molecule is CC(Nc1ccc(Cl)nc1)c1cncc(F)c1. The Morgan fingerprint density at radius 1 is 1.29 bits per heavy atom. The summed E-state index contributed by atoms with van der Waals surface area (Å²) in [5.74, 6) is -0.342. The lowest BCUT2D eigenvalue weighted by Gasteiger charge is -2.14. The predicted octanol–water partition coefficient (Wildman–Crippen LogP) is 3.44. The van der Waals surface area contributed by atoms with Gasteiger partial charge in [0.05, 0.1) is 24.1 Å². The van der Waals surface area contributed by atoms with Crippen molar-refractivity contribution in [3.05, 3.63) is 53.3 Å². The molecule has 0 aliphatic heterocycles. The summed E-state index contributed by atoms with van der Waals surface area (Å²) >= 11 is 5.69. The normalized spacial score (nSPS) is 12.2. The van der Waals surface area contributed by atoms with Gasteiger partial charge in [-0.15, -0.1) is 0 Å². The van der Waals surface area contributed by atoms with Gasteiger partial charge in [0.15, 0.2) is 0 Å². The fourth-order valence-corrected chi connectivity index (χ4v) is 1.57. The van der Waals surface area contributed by atoms with Crippen LogP contribution in [0.1, 0.15) is 18.5 Å². The zero-order chi connectivity index (χ0) is 12.3. The molecule has 2 aromatic rings. The molecule has 1 unspecified atom stereocenters. The van der Waals surface area contributed by atoms with Crippen LogP contribution in [0, 0.1) is 5.82 Å². The van der Waals surface area contributed by atoms with Gasteiger partial charge in [-0.05, 0) is 30.7 Å². The van der Waals surface area contributed by atoms with Crippen LogP contribution >= 0.6 is 11.6 Å². The molecule has 0 bridgehead atoms. The number of pyridine rings is 2. The topological polar surface area (TPSA) is 37.8 Å². The third-order valence-electron chi connectivity index (χ3n) is 2.34. The Kier molecular flexibility index (Phi) is 3.54. The number of rotatable bonds is 3. The molecule has 3 nitrogen and oxygen atoms in total. The molecule has 1 atom stereocenters. The van der Waals surface area contributed by atoms with Gasteiger partial charge >= 0.3 is 0 Å². The lowest BCUT2D eigenvalue weighted by molar-refractivity contribution is 0.616. The van der Waals surface area contributed by atoms with E-state index in [-0.39, 0.29) is 11.9 Å². The summed E-state index contributed by atoms with van der Waals surface area (Å²) in [4.78, 5) is 7.77. The Hall–Kier alpha value is -1.68. The maximum atomic E-state index is 13.0. The van der Waals surface area contributed by atoms with Gasteiger partial charge in [0.2, 0.25) is 0 Å². The van der Waals surface area contributed by atoms with E-state index >= 15 is 0 Å². The molecule has 0 aliphatic rings. The highest BCUT2D eigenvalue weighted by atomic mass is 35.5. The number of anilines is 1. The molecule has 2 heterocycles. The van der Waals surface area contributed by atoms with Crippen LogP contribution in [0.2, 0.25) is 5.15 Å². The number of nitrogens with zero attached hydrogens (tertiary/aromatic N) is 2. The van der Waals surface area contributed by atoms with Gasteiger partial charge in [-0.3, -0.25) is 4.98 Å². The van der Waals surface area contributed by atoms with Crippen LogP contribution in [0.15, 0.2) is 36.8 Å². The summed E-state index contributed by atoms with van der Waals surface area (Å²) in [6.45, 7) is 1.92. The molecular formula is C12H11ClFN3. The van der Waals surface area contributed by atoms with E-state index in [0.717, 1.165) is 11.3 Å². The Bertz CT molecular complexity index is 501. The third-order valence-corrected chi connectivity index (χ3v) is 2.56. The molecule has 0 aliphatic carbocycles. The van der Waals surface area contributed by atoms with Gasteiger partial charge in [-0.1, -0.05) is 11.6 Å². The van der Waals surface area contributed by atoms with E-state index < -0.39 is 0 Å². The molecule has 0 fully saturated rings. The second kappa shape index (κ2) is 5.10. The Balaban J connectivity index is 2.11. The van der Waals surface area contributed by atoms with Gasteiger partial charge in [0, 0.05) is 6.20 Å². The molecule has 2 aromatic heterocycles. The van der Waals surface area contributed by atoms with E-state index in [9.17, 15) is 4.39 Å². The number of nitrogens with one attached hydrogen (secondary N) is 1. The van der Waals surface area contributed by atoms with Crippen molar-refractivity contribution in [3.8, 4) is 0 Å². The van der Waals surface area contributed by atoms with Crippen LogP contribution in [0.5, 0.6) is 0 Å². The van der Waals surface area contributed by atoms with Gasteiger partial charge < -0.3 is 5.32 Å². The fraction of sp³-hybridized carbons (Fsp3) is 0.167. The Morgan fingerprint density at radius 2 is 2.12 bits per heavy atom. The van der Waals surface area contributed by atoms with Crippen LogP contribution < -0.4 is 5.32 Å². The molecule has 0 amide bonds. The van der Waals surface area contributed by atoms with Gasteiger partial charge in [0.1, 0.15) is 11.0 Å². The molecule has 2 rings (SSSR count). The van der Waals surface area contributed by atoms with Crippen LogP contribution in [0.25, 0.3) is 0 Å². The highest BCUT2D eigenvalue weighted by Gasteiger charge is 2.06. The second-order valence-electron chi connectivity index (χ2n) is 3.67. The van der Waals surface area contributed by atoms with E-state index in [2.05, 4.69) is 15.3 Å². The minimum atomic E-state index is -0.342. The first-order chi connectivity index (χ1) is 8.15. The van der Waals surface area contributed by atoms with Gasteiger partial charge in [-0.2, -0.15) is 0 Å². The highest BCUT2D eigenvalue weighted by molar-refractivity contribution is 6.29. The smallest absolute Gasteiger partial charge is 0.141 e. The van der Waals surface area contributed by atoms with Crippen LogP contribution in [-0.2, 0) is 0 Å². The highest BCUT2D eigenvalue weighted by Crippen LogP contribution is 2.19. The van der Waals surface area contributed by atoms with Crippen molar-refractivity contribution in [3.63, 3.8) is 0 Å². The van der Waals surface area contributed by atoms with Crippen LogP contribution in [0.4, 0.5) is 10.1 Å². The van der Waals surface area contributed by atoms with E-state index in [0.29, 0.717) is 5.15 Å². The molecule has 0 saturated heterocycles. The van der Waals surface area contributed by atoms with E-state index in [1.165, 1.54) is 12.3 Å². The Morgan fingerprint density at radius 3 is 2.76 bits per heavy atom. The lowest BCUT2D eigenvalue weighted by atomic mass is 10.1. The summed E-state index contributed by atoms with van der Waals surface area (Å²) in [5, 5.41) is 3.63. The van der Waals surface area contributed by atoms with Crippen molar-refractivity contribution in [1.82, 2.24) is 9.97 Å². The summed E-state index contributed by atoms with van der Waals surface area (Å²) in [6.07, 6.45) is 4.44. The minimum Gasteiger partial charge on any atom is -0.377 e. The van der Waals surface area contributed by atoms with Crippen LogP contribution in [0.3, 0.4) is 0 Å². The summed E-state index contributed by atoms with van der Waals surface area (Å²) in [5.41, 5.74) is 1.60. The molecule has 5 heteroatoms. The van der Waals surface area contributed by atoms with Gasteiger partial charge in [-0.25, -0.2) is 9.37 Å². The Labute approximate surface area is 104 Å². The first-order valence-electron chi connectivity index (χ1n) is 5.13. The maximum absolute atomic E-state index is 13.0. The zero-order valence-corrected chi connectivity index (χ0v) is 9.95. The average molecular weight is 252 g/mol. The van der Waals surface area contributed by atoms with Crippen molar-refractivity contribution in [2.45, 2.75) is 13.0 Å².